The summed E-state index contributed by atoms with van der Waals surface area (Å²) in [5.41, 5.74) is 9.63. The lowest BCUT2D eigenvalue weighted by molar-refractivity contribution is 0.0600. The Hall–Kier alpha value is -3.19. The molecule has 2 aromatic rings. The van der Waals surface area contributed by atoms with E-state index >= 15 is 0 Å². The van der Waals surface area contributed by atoms with Crippen molar-refractivity contribution >= 4 is 18.1 Å². The van der Waals surface area contributed by atoms with Crippen LogP contribution in [0, 0.1) is 6.92 Å². The van der Waals surface area contributed by atoms with Gasteiger partial charge in [-0.3, -0.25) is 0 Å². The number of benzene rings is 1. The van der Waals surface area contributed by atoms with Crippen molar-refractivity contribution < 1.29 is 9.53 Å². The summed E-state index contributed by atoms with van der Waals surface area (Å²) in [4.78, 5) is 14.0. The van der Waals surface area contributed by atoms with Crippen LogP contribution in [0.5, 0.6) is 0 Å². The van der Waals surface area contributed by atoms with E-state index in [-0.39, 0.29) is 5.95 Å². The molecule has 0 atom stereocenters. The molecule has 0 spiro atoms. The molecule has 0 amide bonds. The van der Waals surface area contributed by atoms with Crippen molar-refractivity contribution in [1.29, 1.82) is 0 Å². The molecule has 0 N–H and O–H groups in total. The number of ether oxygens (including phenoxy) is 1. The maximum Gasteiger partial charge on any atom is 0.337 e. The van der Waals surface area contributed by atoms with Crippen LogP contribution in [0.25, 0.3) is 10.4 Å². The first-order valence-electron chi connectivity index (χ1n) is 5.85. The first-order chi connectivity index (χ1) is 10.2. The van der Waals surface area contributed by atoms with Gasteiger partial charge in [-0.2, -0.15) is 9.78 Å². The van der Waals surface area contributed by atoms with E-state index in [0.717, 1.165) is 5.56 Å². The number of rotatable bonds is 4. The normalized spacial score (nSPS) is 10.4. The first kappa shape index (κ1) is 14.2. The third-order valence-corrected chi connectivity index (χ3v) is 2.57. The molecule has 0 aliphatic rings. The van der Waals surface area contributed by atoms with Crippen LogP contribution in [-0.4, -0.2) is 34.2 Å². The van der Waals surface area contributed by atoms with Crippen molar-refractivity contribution in [2.75, 3.05) is 7.11 Å². The molecule has 1 aromatic heterocycles. The Morgan fingerprint density at radius 3 is 2.71 bits per heavy atom. The number of carbonyl (C=O) groups is 1. The van der Waals surface area contributed by atoms with Gasteiger partial charge in [0.25, 0.3) is 0 Å². The van der Waals surface area contributed by atoms with Gasteiger partial charge < -0.3 is 4.74 Å². The van der Waals surface area contributed by atoms with Crippen molar-refractivity contribution in [3.05, 3.63) is 51.7 Å². The topological polar surface area (TPSA) is 118 Å². The molecule has 2 rings (SSSR count). The van der Waals surface area contributed by atoms with E-state index in [4.69, 9.17) is 5.53 Å². The van der Waals surface area contributed by atoms with Gasteiger partial charge in [0.05, 0.1) is 18.9 Å². The van der Waals surface area contributed by atoms with Crippen molar-refractivity contribution in [3.63, 3.8) is 0 Å². The third-order valence-electron chi connectivity index (χ3n) is 2.57. The standard InChI is InChI=1S/C12H11N7O2/c1-8-15-16-12(17-18-13)19(8)14-7-9-3-5-10(6-4-9)11(20)21-2/h3-7H,1-2H3/b14-7+. The molecule has 0 fully saturated rings. The number of hydrogen-bond acceptors (Lipinski definition) is 6. The van der Waals surface area contributed by atoms with Crippen molar-refractivity contribution in [2.24, 2.45) is 10.2 Å². The molecule has 0 aliphatic carbocycles. The fourth-order valence-corrected chi connectivity index (χ4v) is 1.53. The van der Waals surface area contributed by atoms with Crippen LogP contribution < -0.4 is 0 Å². The quantitative estimate of drug-likeness (QED) is 0.281. The van der Waals surface area contributed by atoms with E-state index in [1.807, 2.05) is 0 Å². The van der Waals surface area contributed by atoms with E-state index in [1.54, 1.807) is 31.2 Å². The van der Waals surface area contributed by atoms with Gasteiger partial charge >= 0.3 is 5.97 Å². The van der Waals surface area contributed by atoms with Crippen molar-refractivity contribution in [2.45, 2.75) is 6.92 Å². The van der Waals surface area contributed by atoms with Crippen LogP contribution >= 0.6 is 0 Å². The summed E-state index contributed by atoms with van der Waals surface area (Å²) < 4.78 is 5.93. The number of esters is 1. The van der Waals surface area contributed by atoms with Crippen molar-refractivity contribution in [3.8, 4) is 0 Å². The minimum Gasteiger partial charge on any atom is -0.465 e. The van der Waals surface area contributed by atoms with E-state index in [1.165, 1.54) is 18.0 Å². The minimum atomic E-state index is -0.404. The molecule has 0 saturated heterocycles. The third kappa shape index (κ3) is 3.23. The molecule has 106 valence electrons. The Balaban J connectivity index is 2.24. The van der Waals surface area contributed by atoms with Crippen LogP contribution in [0.15, 0.2) is 34.5 Å². The summed E-state index contributed by atoms with van der Waals surface area (Å²) in [5.74, 6) is 0.135. The zero-order chi connectivity index (χ0) is 15.2. The zero-order valence-corrected chi connectivity index (χ0v) is 11.3. The summed E-state index contributed by atoms with van der Waals surface area (Å²) in [6.07, 6.45) is 1.54. The van der Waals surface area contributed by atoms with Gasteiger partial charge in [-0.1, -0.05) is 12.1 Å². The molecule has 0 bridgehead atoms. The maximum absolute atomic E-state index is 11.3. The monoisotopic (exact) mass is 285 g/mol. The van der Waals surface area contributed by atoms with E-state index in [0.29, 0.717) is 11.4 Å². The predicted octanol–water partition coefficient (Wildman–Crippen LogP) is 2.20. The molecule has 21 heavy (non-hydrogen) atoms. The lowest BCUT2D eigenvalue weighted by Gasteiger charge is -2.00. The minimum absolute atomic E-state index is 0.0532. The van der Waals surface area contributed by atoms with E-state index in [9.17, 15) is 4.79 Å². The zero-order valence-electron chi connectivity index (χ0n) is 11.3. The van der Waals surface area contributed by atoms with Gasteiger partial charge in [0.1, 0.15) is 0 Å². The second-order valence-corrected chi connectivity index (χ2v) is 3.91. The fourth-order valence-electron chi connectivity index (χ4n) is 1.53. The number of methoxy groups -OCH3 is 1. The van der Waals surface area contributed by atoms with Gasteiger partial charge in [0.2, 0.25) is 5.95 Å². The smallest absolute Gasteiger partial charge is 0.337 e. The van der Waals surface area contributed by atoms with Crippen LogP contribution in [0.4, 0.5) is 5.95 Å². The lowest BCUT2D eigenvalue weighted by atomic mass is 10.1. The second kappa shape index (κ2) is 6.31. The molecule has 9 nitrogen and oxygen atoms in total. The Kier molecular flexibility index (Phi) is 4.27. The predicted molar refractivity (Wildman–Crippen MR) is 74.3 cm³/mol. The van der Waals surface area contributed by atoms with Gasteiger partial charge in [-0.05, 0) is 35.3 Å². The molecule has 0 aliphatic heterocycles. The SMILES string of the molecule is COC(=O)c1ccc(/C=N/n2c(C)nnc2N=[N+]=[N-])cc1. The molecule has 1 heterocycles. The van der Waals surface area contributed by atoms with Crippen molar-refractivity contribution in [1.82, 2.24) is 14.9 Å². The largest absolute Gasteiger partial charge is 0.465 e. The number of aryl methyl sites for hydroxylation is 1. The molecule has 0 unspecified atom stereocenters. The number of azide groups is 1. The summed E-state index contributed by atoms with van der Waals surface area (Å²) >= 11 is 0. The van der Waals surface area contributed by atoms with E-state index < -0.39 is 5.97 Å². The van der Waals surface area contributed by atoms with Gasteiger partial charge in [0, 0.05) is 4.91 Å². The highest BCUT2D eigenvalue weighted by Gasteiger charge is 2.06. The first-order valence-corrected chi connectivity index (χ1v) is 5.85. The highest BCUT2D eigenvalue weighted by Crippen LogP contribution is 2.11. The molecule has 0 radical (unpaired) electrons. The number of carbonyl (C=O) groups excluding carboxylic acids is 1. The maximum atomic E-state index is 11.3. The Morgan fingerprint density at radius 1 is 1.38 bits per heavy atom. The highest BCUT2D eigenvalue weighted by atomic mass is 16.5. The number of nitrogens with zero attached hydrogens (tertiary/aromatic N) is 7. The summed E-state index contributed by atoms with van der Waals surface area (Å²) in [5, 5.41) is 15.0. The average Bonchev–Trinajstić information content (AvgIpc) is 2.86. The molecular formula is C12H11N7O2. The van der Waals surface area contributed by atoms with Crippen LogP contribution in [0.2, 0.25) is 0 Å². The highest BCUT2D eigenvalue weighted by molar-refractivity contribution is 5.90. The molecular weight excluding hydrogens is 274 g/mol. The Labute approximate surface area is 119 Å². The molecule has 9 heteroatoms. The molecule has 1 aromatic carbocycles. The average molecular weight is 285 g/mol. The summed E-state index contributed by atoms with van der Waals surface area (Å²) in [6.45, 7) is 1.68. The Morgan fingerprint density at radius 2 is 2.10 bits per heavy atom. The Bertz CT molecular complexity index is 727. The number of hydrogen-bond donors (Lipinski definition) is 0. The van der Waals surface area contributed by atoms with Gasteiger partial charge in [0.15, 0.2) is 5.82 Å². The van der Waals surface area contributed by atoms with Gasteiger partial charge in [-0.15, -0.1) is 10.2 Å². The second-order valence-electron chi connectivity index (χ2n) is 3.91. The number of aromatic nitrogens is 3. The summed E-state index contributed by atoms with van der Waals surface area (Å²) in [7, 11) is 1.32. The fraction of sp³-hybridized carbons (Fsp3) is 0.167. The van der Waals surface area contributed by atoms with Crippen LogP contribution in [0.3, 0.4) is 0 Å². The lowest BCUT2D eigenvalue weighted by Crippen LogP contribution is -2.01. The molecule has 0 saturated carbocycles. The van der Waals surface area contributed by atoms with Crippen LogP contribution in [-0.2, 0) is 4.74 Å². The van der Waals surface area contributed by atoms with Crippen LogP contribution in [0.1, 0.15) is 21.7 Å². The summed E-state index contributed by atoms with van der Waals surface area (Å²) in [6, 6.07) is 6.67. The van der Waals surface area contributed by atoms with Gasteiger partial charge in [-0.25, -0.2) is 4.79 Å². The van der Waals surface area contributed by atoms with E-state index in [2.05, 4.69) is 30.1 Å².